The number of hydrogen-bond acceptors (Lipinski definition) is 2. The molecule has 3 heteroatoms. The van der Waals surface area contributed by atoms with Crippen molar-refractivity contribution in [1.82, 2.24) is 5.32 Å². The van der Waals surface area contributed by atoms with Crippen LogP contribution in [0.25, 0.3) is 0 Å². The fourth-order valence-electron chi connectivity index (χ4n) is 3.66. The molecule has 17 heavy (non-hydrogen) atoms. The van der Waals surface area contributed by atoms with Crippen LogP contribution >= 0.6 is 0 Å². The largest absolute Gasteiger partial charge is 0.480 e. The van der Waals surface area contributed by atoms with Gasteiger partial charge < -0.3 is 10.4 Å². The zero-order chi connectivity index (χ0) is 12.4. The van der Waals surface area contributed by atoms with Crippen LogP contribution in [0.4, 0.5) is 0 Å². The summed E-state index contributed by atoms with van der Waals surface area (Å²) >= 11 is 0. The Labute approximate surface area is 104 Å². The fourth-order valence-corrected chi connectivity index (χ4v) is 3.66. The molecule has 2 N–H and O–H groups in total. The van der Waals surface area contributed by atoms with Crippen molar-refractivity contribution in [2.75, 3.05) is 6.54 Å². The van der Waals surface area contributed by atoms with Gasteiger partial charge in [0.2, 0.25) is 0 Å². The highest BCUT2D eigenvalue weighted by molar-refractivity contribution is 5.73. The Bertz CT molecular complexity index is 277. The van der Waals surface area contributed by atoms with Crippen molar-refractivity contribution < 1.29 is 9.90 Å². The predicted molar refractivity (Wildman–Crippen MR) is 67.8 cm³/mol. The molecule has 2 saturated carbocycles. The summed E-state index contributed by atoms with van der Waals surface area (Å²) in [5.41, 5.74) is 0. The van der Waals surface area contributed by atoms with Crippen LogP contribution in [0.5, 0.6) is 0 Å². The molecule has 0 heterocycles. The summed E-state index contributed by atoms with van der Waals surface area (Å²) in [6.07, 6.45) is 6.24. The Balaban J connectivity index is 1.77. The van der Waals surface area contributed by atoms with Gasteiger partial charge in [-0.1, -0.05) is 20.3 Å². The van der Waals surface area contributed by atoms with Crippen molar-refractivity contribution in [3.8, 4) is 0 Å². The monoisotopic (exact) mass is 239 g/mol. The lowest BCUT2D eigenvalue weighted by atomic mass is 9.88. The van der Waals surface area contributed by atoms with Gasteiger partial charge in [-0.2, -0.15) is 0 Å². The minimum atomic E-state index is -0.693. The number of carbonyl (C=O) groups is 1. The molecule has 0 spiro atoms. The number of carboxylic acids is 1. The van der Waals surface area contributed by atoms with Crippen LogP contribution in [-0.4, -0.2) is 23.7 Å². The average Bonchev–Trinajstić information content (AvgIpc) is 2.84. The Morgan fingerprint density at radius 2 is 2.12 bits per heavy atom. The lowest BCUT2D eigenvalue weighted by Crippen LogP contribution is -2.41. The van der Waals surface area contributed by atoms with Gasteiger partial charge in [-0.25, -0.2) is 0 Å². The molecule has 3 unspecified atom stereocenters. The topological polar surface area (TPSA) is 49.3 Å². The van der Waals surface area contributed by atoms with Gasteiger partial charge in [0.25, 0.3) is 0 Å². The molecular weight excluding hydrogens is 214 g/mol. The molecule has 4 atom stereocenters. The second kappa shape index (κ2) is 5.38. The van der Waals surface area contributed by atoms with Crippen LogP contribution in [0.2, 0.25) is 0 Å². The van der Waals surface area contributed by atoms with E-state index in [0.29, 0.717) is 5.92 Å². The third-order valence-corrected chi connectivity index (χ3v) is 4.52. The lowest BCUT2D eigenvalue weighted by molar-refractivity contribution is -0.140. The summed E-state index contributed by atoms with van der Waals surface area (Å²) in [5, 5.41) is 12.4. The maximum atomic E-state index is 11.1. The maximum absolute atomic E-state index is 11.1. The Hall–Kier alpha value is -0.570. The van der Waals surface area contributed by atoms with E-state index in [4.69, 9.17) is 5.11 Å². The van der Waals surface area contributed by atoms with E-state index in [1.54, 1.807) is 0 Å². The third kappa shape index (κ3) is 3.21. The van der Waals surface area contributed by atoms with Gasteiger partial charge in [0.15, 0.2) is 0 Å². The molecule has 2 aliphatic carbocycles. The quantitative estimate of drug-likeness (QED) is 0.748. The number of fused-ring (bicyclic) bond motifs is 2. The van der Waals surface area contributed by atoms with Crippen LogP contribution in [0.15, 0.2) is 0 Å². The molecule has 0 aromatic rings. The van der Waals surface area contributed by atoms with E-state index in [9.17, 15) is 4.79 Å². The Kier molecular flexibility index (Phi) is 4.08. The van der Waals surface area contributed by atoms with Gasteiger partial charge in [0.1, 0.15) is 6.04 Å². The van der Waals surface area contributed by atoms with Gasteiger partial charge in [-0.3, -0.25) is 4.79 Å². The first kappa shape index (κ1) is 12.9. The standard InChI is InChI=1S/C14H25NO2/c1-9(2)5-13(14(16)17)15-8-12-7-10-3-4-11(12)6-10/h9-13,15H,3-8H2,1-2H3,(H,16,17)/t10?,11?,12?,13-/m0/s1. The summed E-state index contributed by atoms with van der Waals surface area (Å²) < 4.78 is 0. The van der Waals surface area contributed by atoms with Gasteiger partial charge in [0, 0.05) is 0 Å². The van der Waals surface area contributed by atoms with Gasteiger partial charge in [-0.05, 0) is 55.9 Å². The van der Waals surface area contributed by atoms with Crippen molar-refractivity contribution in [1.29, 1.82) is 0 Å². The molecule has 0 aromatic carbocycles. The molecule has 2 aliphatic rings. The number of carboxylic acid groups (broad SMARTS) is 1. The van der Waals surface area contributed by atoms with Crippen LogP contribution in [-0.2, 0) is 4.79 Å². The second-order valence-corrected chi connectivity index (χ2v) is 6.36. The van der Waals surface area contributed by atoms with Crippen LogP contribution in [0.1, 0.15) is 46.0 Å². The van der Waals surface area contributed by atoms with E-state index in [-0.39, 0.29) is 6.04 Å². The first-order valence-corrected chi connectivity index (χ1v) is 7.02. The van der Waals surface area contributed by atoms with E-state index in [1.807, 2.05) is 0 Å². The number of aliphatic carboxylic acids is 1. The van der Waals surface area contributed by atoms with Gasteiger partial charge in [-0.15, -0.1) is 0 Å². The highest BCUT2D eigenvalue weighted by Gasteiger charge is 2.39. The van der Waals surface area contributed by atoms with Crippen molar-refractivity contribution in [2.24, 2.45) is 23.7 Å². The van der Waals surface area contributed by atoms with Crippen molar-refractivity contribution >= 4 is 5.97 Å². The van der Waals surface area contributed by atoms with Crippen molar-refractivity contribution in [3.63, 3.8) is 0 Å². The van der Waals surface area contributed by atoms with Crippen LogP contribution in [0.3, 0.4) is 0 Å². The summed E-state index contributed by atoms with van der Waals surface area (Å²) in [7, 11) is 0. The minimum Gasteiger partial charge on any atom is -0.480 e. The molecule has 0 radical (unpaired) electrons. The molecule has 0 amide bonds. The Morgan fingerprint density at radius 1 is 1.35 bits per heavy atom. The SMILES string of the molecule is CC(C)C[C@H](NCC1CC2CCC1C2)C(=O)O. The van der Waals surface area contributed by atoms with E-state index in [0.717, 1.165) is 30.7 Å². The molecule has 0 saturated heterocycles. The first-order valence-electron chi connectivity index (χ1n) is 7.02. The molecule has 2 fully saturated rings. The summed E-state index contributed by atoms with van der Waals surface area (Å²) in [6.45, 7) is 5.06. The molecule has 98 valence electrons. The minimum absolute atomic E-state index is 0.353. The summed E-state index contributed by atoms with van der Waals surface area (Å²) in [5.74, 6) is 2.30. The Morgan fingerprint density at radius 3 is 2.59 bits per heavy atom. The van der Waals surface area contributed by atoms with Gasteiger partial charge in [0.05, 0.1) is 0 Å². The third-order valence-electron chi connectivity index (χ3n) is 4.52. The average molecular weight is 239 g/mol. The predicted octanol–water partition coefficient (Wildman–Crippen LogP) is 2.51. The molecule has 0 aromatic heterocycles. The zero-order valence-electron chi connectivity index (χ0n) is 11.0. The number of nitrogens with one attached hydrogen (secondary N) is 1. The number of hydrogen-bond donors (Lipinski definition) is 2. The maximum Gasteiger partial charge on any atom is 0.320 e. The van der Waals surface area contributed by atoms with E-state index in [2.05, 4.69) is 19.2 Å². The molecule has 3 nitrogen and oxygen atoms in total. The highest BCUT2D eigenvalue weighted by Crippen LogP contribution is 2.47. The van der Waals surface area contributed by atoms with E-state index in [1.165, 1.54) is 25.7 Å². The lowest BCUT2D eigenvalue weighted by Gasteiger charge is -2.24. The van der Waals surface area contributed by atoms with Crippen LogP contribution in [0, 0.1) is 23.7 Å². The normalized spacial score (nSPS) is 33.2. The van der Waals surface area contributed by atoms with Crippen LogP contribution < -0.4 is 5.32 Å². The highest BCUT2D eigenvalue weighted by atomic mass is 16.4. The summed E-state index contributed by atoms with van der Waals surface area (Å²) in [6, 6.07) is -0.353. The fraction of sp³-hybridized carbons (Fsp3) is 0.929. The van der Waals surface area contributed by atoms with E-state index < -0.39 is 5.97 Å². The number of rotatable bonds is 6. The molecule has 2 bridgehead atoms. The van der Waals surface area contributed by atoms with E-state index >= 15 is 0 Å². The zero-order valence-corrected chi connectivity index (χ0v) is 11.0. The molecular formula is C14H25NO2. The summed E-state index contributed by atoms with van der Waals surface area (Å²) in [4.78, 5) is 11.1. The first-order chi connectivity index (χ1) is 8.06. The smallest absolute Gasteiger partial charge is 0.320 e. The second-order valence-electron chi connectivity index (χ2n) is 6.36. The van der Waals surface area contributed by atoms with Crippen molar-refractivity contribution in [3.05, 3.63) is 0 Å². The van der Waals surface area contributed by atoms with Gasteiger partial charge >= 0.3 is 5.97 Å². The van der Waals surface area contributed by atoms with Crippen molar-refractivity contribution in [2.45, 2.75) is 52.0 Å². The molecule has 2 rings (SSSR count). The molecule has 0 aliphatic heterocycles.